The Morgan fingerprint density at radius 3 is 2.57 bits per heavy atom. The minimum Gasteiger partial charge on any atom is -0.481 e. The molecule has 0 aliphatic rings. The predicted octanol–water partition coefficient (Wildman–Crippen LogP) is 3.05. The van der Waals surface area contributed by atoms with Crippen molar-refractivity contribution in [3.05, 3.63) is 23.8 Å². The smallest absolute Gasteiger partial charge is 0.406 e. The van der Waals surface area contributed by atoms with Crippen molar-refractivity contribution in [1.82, 2.24) is 9.55 Å². The zero-order chi connectivity index (χ0) is 15.8. The molecule has 1 N–H and O–H groups in total. The number of imidazole rings is 1. The van der Waals surface area contributed by atoms with E-state index in [9.17, 15) is 26.7 Å². The summed E-state index contributed by atoms with van der Waals surface area (Å²) in [6.07, 6.45) is -4.69. The topological polar surface area (TPSA) is 55.1 Å². The van der Waals surface area contributed by atoms with Gasteiger partial charge in [-0.15, -0.1) is 0 Å². The number of rotatable bonds is 4. The summed E-state index contributed by atoms with van der Waals surface area (Å²) in [7, 11) is 0. The lowest BCUT2D eigenvalue weighted by Crippen LogP contribution is -2.19. The molecule has 1 heterocycles. The van der Waals surface area contributed by atoms with Crippen LogP contribution in [-0.2, 0) is 11.3 Å². The number of aromatic nitrogens is 2. The average Bonchev–Trinajstić information content (AvgIpc) is 2.68. The monoisotopic (exact) mass is 326 g/mol. The number of aliphatic carboxylic acids is 1. The second-order valence-electron chi connectivity index (χ2n) is 4.01. The Morgan fingerprint density at radius 1 is 1.33 bits per heavy atom. The molecule has 0 bridgehead atoms. The molecule has 10 heteroatoms. The summed E-state index contributed by atoms with van der Waals surface area (Å²) in [5, 5.41) is 8.22. The molecule has 0 radical (unpaired) electrons. The van der Waals surface area contributed by atoms with Crippen molar-refractivity contribution in [3.63, 3.8) is 0 Å². The van der Waals surface area contributed by atoms with E-state index in [0.29, 0.717) is 16.3 Å². The number of halogens is 5. The van der Waals surface area contributed by atoms with E-state index in [1.807, 2.05) is 0 Å². The predicted molar refractivity (Wildman–Crippen MR) is 64.1 cm³/mol. The summed E-state index contributed by atoms with van der Waals surface area (Å²) >= 11 is 0.499. The van der Waals surface area contributed by atoms with Gasteiger partial charge in [-0.1, -0.05) is 11.8 Å². The van der Waals surface area contributed by atoms with Gasteiger partial charge in [-0.3, -0.25) is 4.79 Å². The number of carboxylic acid groups (broad SMARTS) is 1. The molecular weight excluding hydrogens is 319 g/mol. The molecule has 114 valence electrons. The summed E-state index contributed by atoms with van der Waals surface area (Å²) in [5.74, 6) is -4.57. The van der Waals surface area contributed by atoms with Crippen LogP contribution in [-0.4, -0.2) is 32.6 Å². The van der Waals surface area contributed by atoms with Gasteiger partial charge in [0, 0.05) is 0 Å². The first-order valence-electron chi connectivity index (χ1n) is 5.44. The highest BCUT2D eigenvalue weighted by atomic mass is 32.2. The summed E-state index contributed by atoms with van der Waals surface area (Å²) in [6.45, 7) is -1.59. The van der Waals surface area contributed by atoms with Crippen molar-refractivity contribution in [2.75, 3.05) is 5.75 Å². The van der Waals surface area contributed by atoms with Crippen molar-refractivity contribution in [2.45, 2.75) is 17.9 Å². The lowest BCUT2D eigenvalue weighted by atomic mass is 10.3. The Kier molecular flexibility index (Phi) is 4.08. The summed E-state index contributed by atoms with van der Waals surface area (Å²) < 4.78 is 65.0. The fourth-order valence-electron chi connectivity index (χ4n) is 1.70. The molecule has 2 aromatic rings. The first kappa shape index (κ1) is 15.5. The Labute approximate surface area is 118 Å². The molecule has 0 unspecified atom stereocenters. The zero-order valence-corrected chi connectivity index (χ0v) is 10.9. The number of hydrogen-bond donors (Lipinski definition) is 1. The Morgan fingerprint density at radius 2 is 2.00 bits per heavy atom. The van der Waals surface area contributed by atoms with Gasteiger partial charge in [0.05, 0.1) is 11.3 Å². The molecule has 2 rings (SSSR count). The van der Waals surface area contributed by atoms with Gasteiger partial charge >= 0.3 is 12.1 Å². The molecule has 0 fully saturated rings. The highest BCUT2D eigenvalue weighted by Crippen LogP contribution is 2.30. The number of thioether (sulfide) groups is 1. The van der Waals surface area contributed by atoms with Gasteiger partial charge in [-0.25, -0.2) is 13.8 Å². The van der Waals surface area contributed by atoms with Gasteiger partial charge in [0.1, 0.15) is 12.1 Å². The molecule has 0 amide bonds. The van der Waals surface area contributed by atoms with Crippen LogP contribution in [0, 0.1) is 11.6 Å². The van der Waals surface area contributed by atoms with Gasteiger partial charge in [-0.2, -0.15) is 13.2 Å². The van der Waals surface area contributed by atoms with Crippen molar-refractivity contribution in [3.8, 4) is 0 Å². The third kappa shape index (κ3) is 3.43. The van der Waals surface area contributed by atoms with E-state index in [-0.39, 0.29) is 10.7 Å². The first-order valence-corrected chi connectivity index (χ1v) is 6.43. The van der Waals surface area contributed by atoms with Crippen molar-refractivity contribution < 1.29 is 31.9 Å². The maximum atomic E-state index is 13.7. The average molecular weight is 326 g/mol. The third-order valence-corrected chi connectivity index (χ3v) is 3.39. The van der Waals surface area contributed by atoms with E-state index >= 15 is 0 Å². The molecule has 0 saturated heterocycles. The lowest BCUT2D eigenvalue weighted by molar-refractivity contribution is -0.141. The SMILES string of the molecule is O=C(O)CSc1nc2ccc(F)c(F)c2n1CC(F)(F)F. The van der Waals surface area contributed by atoms with Crippen LogP contribution in [0.5, 0.6) is 0 Å². The number of fused-ring (bicyclic) bond motifs is 1. The third-order valence-electron chi connectivity index (χ3n) is 2.43. The van der Waals surface area contributed by atoms with Gasteiger partial charge in [0.15, 0.2) is 16.8 Å². The second-order valence-corrected chi connectivity index (χ2v) is 4.95. The Hall–Kier alpha value is -1.84. The lowest BCUT2D eigenvalue weighted by Gasteiger charge is -2.11. The maximum Gasteiger partial charge on any atom is 0.406 e. The number of benzene rings is 1. The van der Waals surface area contributed by atoms with E-state index in [1.54, 1.807) is 0 Å². The Balaban J connectivity index is 2.58. The summed E-state index contributed by atoms with van der Waals surface area (Å²) in [6, 6.07) is 1.78. The molecule has 0 spiro atoms. The molecule has 1 aromatic carbocycles. The normalized spacial score (nSPS) is 12.0. The second kappa shape index (κ2) is 5.51. The van der Waals surface area contributed by atoms with Crippen LogP contribution in [0.15, 0.2) is 17.3 Å². The van der Waals surface area contributed by atoms with Crippen LogP contribution >= 0.6 is 11.8 Å². The number of hydrogen-bond acceptors (Lipinski definition) is 3. The largest absolute Gasteiger partial charge is 0.481 e. The minimum absolute atomic E-state index is 0.175. The molecule has 1 aromatic heterocycles. The van der Waals surface area contributed by atoms with Gasteiger partial charge < -0.3 is 9.67 Å². The first-order chi connectivity index (χ1) is 9.69. The number of carbonyl (C=O) groups is 1. The van der Waals surface area contributed by atoms with Gasteiger partial charge in [-0.05, 0) is 12.1 Å². The summed E-state index contributed by atoms with van der Waals surface area (Å²) in [4.78, 5) is 14.2. The molecule has 0 aliphatic heterocycles. The Bertz CT molecular complexity index is 698. The molecular formula is C11H7F5N2O2S. The van der Waals surface area contributed by atoms with Crippen molar-refractivity contribution in [2.24, 2.45) is 0 Å². The van der Waals surface area contributed by atoms with Crippen LogP contribution in [0.4, 0.5) is 22.0 Å². The summed E-state index contributed by atoms with van der Waals surface area (Å²) in [5.41, 5.74) is -0.814. The number of alkyl halides is 3. The minimum atomic E-state index is -4.69. The van der Waals surface area contributed by atoms with E-state index in [0.717, 1.165) is 12.1 Å². The maximum absolute atomic E-state index is 13.7. The van der Waals surface area contributed by atoms with E-state index in [1.165, 1.54) is 0 Å². The number of nitrogens with zero attached hydrogens (tertiary/aromatic N) is 2. The van der Waals surface area contributed by atoms with Crippen LogP contribution in [0.25, 0.3) is 11.0 Å². The molecule has 0 saturated carbocycles. The van der Waals surface area contributed by atoms with Crippen molar-refractivity contribution in [1.29, 1.82) is 0 Å². The van der Waals surface area contributed by atoms with Crippen LogP contribution in [0.2, 0.25) is 0 Å². The highest BCUT2D eigenvalue weighted by molar-refractivity contribution is 7.99. The fraction of sp³-hybridized carbons (Fsp3) is 0.273. The number of carboxylic acids is 1. The van der Waals surface area contributed by atoms with Gasteiger partial charge in [0.25, 0.3) is 0 Å². The van der Waals surface area contributed by atoms with Crippen LogP contribution < -0.4 is 0 Å². The van der Waals surface area contributed by atoms with E-state index in [4.69, 9.17) is 5.11 Å². The standard InChI is InChI=1S/C11H7F5N2O2S/c12-5-1-2-6-9(8(5)13)18(4-11(14,15)16)10(17-6)21-3-7(19)20/h1-2H,3-4H2,(H,19,20). The molecule has 0 aliphatic carbocycles. The highest BCUT2D eigenvalue weighted by Gasteiger charge is 2.31. The van der Waals surface area contributed by atoms with Crippen LogP contribution in [0.1, 0.15) is 0 Å². The molecule has 21 heavy (non-hydrogen) atoms. The van der Waals surface area contributed by atoms with Crippen molar-refractivity contribution >= 4 is 28.8 Å². The fourth-order valence-corrected chi connectivity index (χ4v) is 2.43. The van der Waals surface area contributed by atoms with Gasteiger partial charge in [0.2, 0.25) is 0 Å². The van der Waals surface area contributed by atoms with E-state index < -0.39 is 41.6 Å². The zero-order valence-electron chi connectivity index (χ0n) is 10.1. The molecule has 0 atom stereocenters. The molecule has 4 nitrogen and oxygen atoms in total. The van der Waals surface area contributed by atoms with E-state index in [2.05, 4.69) is 4.98 Å². The van der Waals surface area contributed by atoms with Crippen LogP contribution in [0.3, 0.4) is 0 Å². The quantitative estimate of drug-likeness (QED) is 0.693.